The first-order valence-electron chi connectivity index (χ1n) is 7.46. The van der Waals surface area contributed by atoms with Gasteiger partial charge in [-0.3, -0.25) is 15.0 Å². The van der Waals surface area contributed by atoms with Crippen LogP contribution in [0.2, 0.25) is 0 Å². The van der Waals surface area contributed by atoms with Crippen LogP contribution in [-0.4, -0.2) is 17.9 Å². The maximum absolute atomic E-state index is 12.7. The summed E-state index contributed by atoms with van der Waals surface area (Å²) < 4.78 is 43.4. The molecule has 0 aliphatic carbocycles. The lowest BCUT2D eigenvalue weighted by molar-refractivity contribution is -0.137. The van der Waals surface area contributed by atoms with Crippen LogP contribution in [0.1, 0.15) is 22.8 Å². The molecule has 0 bridgehead atoms. The zero-order valence-corrected chi connectivity index (χ0v) is 13.6. The zero-order chi connectivity index (χ0) is 19.3. The average Bonchev–Trinajstić information content (AvgIpc) is 2.61. The molecule has 0 unspecified atom stereocenters. The van der Waals surface area contributed by atoms with E-state index in [0.29, 0.717) is 5.75 Å². The smallest absolute Gasteiger partial charge is 0.416 e. The molecule has 6 nitrogen and oxygen atoms in total. The fourth-order valence-corrected chi connectivity index (χ4v) is 2.04. The van der Waals surface area contributed by atoms with E-state index in [1.807, 2.05) is 5.43 Å². The van der Waals surface area contributed by atoms with Gasteiger partial charge in [-0.2, -0.15) is 13.2 Å². The largest absolute Gasteiger partial charge is 0.481 e. The highest BCUT2D eigenvalue weighted by atomic mass is 19.4. The summed E-state index contributed by atoms with van der Waals surface area (Å²) in [5.74, 6) is 4.23. The molecule has 0 heterocycles. The first-order chi connectivity index (χ1) is 12.2. The lowest BCUT2D eigenvalue weighted by Crippen LogP contribution is -2.40. The molecule has 0 saturated heterocycles. The Kier molecular flexibility index (Phi) is 5.83. The van der Waals surface area contributed by atoms with E-state index >= 15 is 0 Å². The lowest BCUT2D eigenvalue weighted by Gasteiger charge is -2.13. The summed E-state index contributed by atoms with van der Waals surface area (Å²) in [6, 6.07) is 10.1. The van der Waals surface area contributed by atoms with E-state index in [1.54, 1.807) is 0 Å². The Balaban J connectivity index is 2.05. The fraction of sp³-hybridized carbons (Fsp3) is 0.176. The van der Waals surface area contributed by atoms with Gasteiger partial charge in [0.2, 0.25) is 0 Å². The molecule has 2 aromatic rings. The van der Waals surface area contributed by atoms with Crippen LogP contribution < -0.4 is 21.3 Å². The lowest BCUT2D eigenvalue weighted by atomic mass is 10.1. The summed E-state index contributed by atoms with van der Waals surface area (Å²) in [5, 5.41) is 2.40. The number of hydrogen-bond donors (Lipinski definition) is 3. The molecule has 0 aliphatic rings. The molecule has 0 spiro atoms. The normalized spacial score (nSPS) is 12.2. The molecule has 0 radical (unpaired) electrons. The Morgan fingerprint density at radius 1 is 1.12 bits per heavy atom. The Morgan fingerprint density at radius 3 is 2.35 bits per heavy atom. The van der Waals surface area contributed by atoms with E-state index < -0.39 is 29.7 Å². The van der Waals surface area contributed by atoms with Crippen molar-refractivity contribution in [3.63, 3.8) is 0 Å². The van der Waals surface area contributed by atoms with Crippen molar-refractivity contribution in [2.45, 2.75) is 19.2 Å². The maximum atomic E-state index is 12.7. The highest BCUT2D eigenvalue weighted by Crippen LogP contribution is 2.30. The molecule has 2 rings (SSSR count). The SMILES string of the molecule is C[C@@H](Oc1ccc(C(=O)Nc2cccc(C(F)(F)F)c2)cc1)C(=O)NN. The number of nitrogens with one attached hydrogen (secondary N) is 2. The van der Waals surface area contributed by atoms with Crippen LogP contribution in [0, 0.1) is 0 Å². The summed E-state index contributed by atoms with van der Waals surface area (Å²) in [7, 11) is 0. The maximum Gasteiger partial charge on any atom is 0.416 e. The van der Waals surface area contributed by atoms with E-state index in [9.17, 15) is 22.8 Å². The van der Waals surface area contributed by atoms with E-state index in [0.717, 1.165) is 12.1 Å². The minimum Gasteiger partial charge on any atom is -0.481 e. The number of halogens is 3. The molecular formula is C17H16F3N3O3. The number of benzene rings is 2. The number of carbonyl (C=O) groups excluding carboxylic acids is 2. The molecule has 26 heavy (non-hydrogen) atoms. The molecule has 9 heteroatoms. The number of anilines is 1. The molecule has 138 valence electrons. The number of alkyl halides is 3. The molecular weight excluding hydrogens is 351 g/mol. The summed E-state index contributed by atoms with van der Waals surface area (Å²) in [4.78, 5) is 23.4. The Bertz CT molecular complexity index is 792. The van der Waals surface area contributed by atoms with Crippen molar-refractivity contribution in [1.29, 1.82) is 0 Å². The van der Waals surface area contributed by atoms with Gasteiger partial charge in [-0.05, 0) is 49.4 Å². The number of amides is 2. The monoisotopic (exact) mass is 367 g/mol. The number of carbonyl (C=O) groups is 2. The second kappa shape index (κ2) is 7.87. The summed E-state index contributed by atoms with van der Waals surface area (Å²) in [6.07, 6.45) is -5.32. The second-order valence-corrected chi connectivity index (χ2v) is 5.33. The average molecular weight is 367 g/mol. The molecule has 0 aliphatic heterocycles. The summed E-state index contributed by atoms with van der Waals surface area (Å²) in [5.41, 5.74) is 1.33. The standard InChI is InChI=1S/C17H16F3N3O3/c1-10(15(24)23-21)26-14-7-5-11(6-8-14)16(25)22-13-4-2-3-12(9-13)17(18,19)20/h2-10H,21H2,1H3,(H,22,25)(H,23,24)/t10-/m1/s1. The number of hydrazine groups is 1. The van der Waals surface area contributed by atoms with Crippen molar-refractivity contribution < 1.29 is 27.5 Å². The van der Waals surface area contributed by atoms with Gasteiger partial charge in [0.15, 0.2) is 6.10 Å². The van der Waals surface area contributed by atoms with Crippen LogP contribution in [0.3, 0.4) is 0 Å². The third kappa shape index (κ3) is 4.96. The van der Waals surface area contributed by atoms with E-state index in [1.165, 1.54) is 43.3 Å². The van der Waals surface area contributed by atoms with Crippen molar-refractivity contribution in [3.8, 4) is 5.75 Å². The molecule has 2 amide bonds. The number of nitrogens with two attached hydrogens (primary N) is 1. The number of ether oxygens (including phenoxy) is 1. The molecule has 0 fully saturated rings. The van der Waals surface area contributed by atoms with E-state index in [4.69, 9.17) is 10.6 Å². The van der Waals surface area contributed by atoms with E-state index in [-0.39, 0.29) is 11.3 Å². The third-order valence-corrected chi connectivity index (χ3v) is 3.39. The molecule has 4 N–H and O–H groups in total. The predicted molar refractivity (Wildman–Crippen MR) is 88.3 cm³/mol. The van der Waals surface area contributed by atoms with Crippen LogP contribution in [0.25, 0.3) is 0 Å². The number of rotatable bonds is 5. The highest BCUT2D eigenvalue weighted by molar-refractivity contribution is 6.04. The Morgan fingerprint density at radius 2 is 1.77 bits per heavy atom. The van der Waals surface area contributed by atoms with Gasteiger partial charge in [-0.15, -0.1) is 0 Å². The van der Waals surface area contributed by atoms with Crippen molar-refractivity contribution in [2.75, 3.05) is 5.32 Å². The second-order valence-electron chi connectivity index (χ2n) is 5.33. The molecule has 2 aromatic carbocycles. The molecule has 1 atom stereocenters. The van der Waals surface area contributed by atoms with Gasteiger partial charge in [0, 0.05) is 11.3 Å². The van der Waals surface area contributed by atoms with Crippen LogP contribution in [0.4, 0.5) is 18.9 Å². The van der Waals surface area contributed by atoms with Crippen LogP contribution in [0.5, 0.6) is 5.75 Å². The fourth-order valence-electron chi connectivity index (χ4n) is 2.04. The van der Waals surface area contributed by atoms with Gasteiger partial charge in [0.25, 0.3) is 11.8 Å². The molecule has 0 saturated carbocycles. The van der Waals surface area contributed by atoms with Crippen LogP contribution in [0.15, 0.2) is 48.5 Å². The highest BCUT2D eigenvalue weighted by Gasteiger charge is 2.30. The van der Waals surface area contributed by atoms with Crippen molar-refractivity contribution in [3.05, 3.63) is 59.7 Å². The topological polar surface area (TPSA) is 93.4 Å². The predicted octanol–water partition coefficient (Wildman–Crippen LogP) is 2.71. The first-order valence-corrected chi connectivity index (χ1v) is 7.46. The van der Waals surface area contributed by atoms with E-state index in [2.05, 4.69) is 5.32 Å². The third-order valence-electron chi connectivity index (χ3n) is 3.39. The van der Waals surface area contributed by atoms with Gasteiger partial charge < -0.3 is 10.1 Å². The van der Waals surface area contributed by atoms with Gasteiger partial charge >= 0.3 is 6.18 Å². The number of hydrogen-bond acceptors (Lipinski definition) is 4. The van der Waals surface area contributed by atoms with Gasteiger partial charge in [0.1, 0.15) is 5.75 Å². The van der Waals surface area contributed by atoms with Crippen molar-refractivity contribution in [2.24, 2.45) is 5.84 Å². The van der Waals surface area contributed by atoms with Crippen molar-refractivity contribution >= 4 is 17.5 Å². The Hall–Kier alpha value is -3.07. The minimum absolute atomic E-state index is 0.0263. The van der Waals surface area contributed by atoms with Gasteiger partial charge in [-0.25, -0.2) is 5.84 Å². The summed E-state index contributed by atoms with van der Waals surface area (Å²) in [6.45, 7) is 1.50. The quantitative estimate of drug-likeness (QED) is 0.430. The van der Waals surface area contributed by atoms with Crippen LogP contribution >= 0.6 is 0 Å². The van der Waals surface area contributed by atoms with Crippen molar-refractivity contribution in [1.82, 2.24) is 5.43 Å². The molecule has 0 aromatic heterocycles. The zero-order valence-electron chi connectivity index (χ0n) is 13.6. The van der Waals surface area contributed by atoms with Gasteiger partial charge in [0.05, 0.1) is 5.56 Å². The van der Waals surface area contributed by atoms with Gasteiger partial charge in [-0.1, -0.05) is 6.07 Å². The minimum atomic E-state index is -4.49. The Labute approximate surface area is 147 Å². The first kappa shape index (κ1) is 19.3. The summed E-state index contributed by atoms with van der Waals surface area (Å²) >= 11 is 0. The van der Waals surface area contributed by atoms with Crippen LogP contribution in [-0.2, 0) is 11.0 Å².